The van der Waals surface area contributed by atoms with E-state index in [1.165, 1.54) is 5.69 Å². The Labute approximate surface area is 146 Å². The lowest BCUT2D eigenvalue weighted by molar-refractivity contribution is 0.504. The van der Waals surface area contributed by atoms with E-state index in [-0.39, 0.29) is 6.04 Å². The molecule has 0 aliphatic carbocycles. The molecular formula is C18H19N7. The number of hydrazone groups is 1. The largest absolute Gasteiger partial charge is 0.348 e. The number of aromatic amines is 1. The van der Waals surface area contributed by atoms with E-state index >= 15 is 0 Å². The first-order valence-electron chi connectivity index (χ1n) is 8.22. The molecule has 2 aromatic heterocycles. The molecule has 4 rings (SSSR count). The maximum Gasteiger partial charge on any atom is 0.147 e. The predicted molar refractivity (Wildman–Crippen MR) is 96.8 cm³/mol. The molecule has 0 unspecified atom stereocenters. The number of aromatic nitrogens is 4. The number of hydrogen-bond donors (Lipinski definition) is 1. The van der Waals surface area contributed by atoms with Crippen LogP contribution in [0.1, 0.15) is 23.9 Å². The quantitative estimate of drug-likeness (QED) is 0.871. The average Bonchev–Trinajstić information content (AvgIpc) is 3.16. The second-order valence-corrected chi connectivity index (χ2v) is 5.84. The molecule has 0 spiro atoms. The van der Waals surface area contributed by atoms with Gasteiger partial charge in [0.05, 0.1) is 30.0 Å². The Balaban J connectivity index is 1.65. The maximum absolute atomic E-state index is 4.56. The number of imidazole rings is 1. The van der Waals surface area contributed by atoms with Crippen molar-refractivity contribution in [2.75, 3.05) is 11.4 Å². The van der Waals surface area contributed by atoms with Crippen LogP contribution in [0.4, 0.5) is 5.82 Å². The molecule has 0 radical (unpaired) electrons. The lowest BCUT2D eigenvalue weighted by atomic mass is 9.99. The van der Waals surface area contributed by atoms with Crippen molar-refractivity contribution in [1.29, 1.82) is 0 Å². The predicted octanol–water partition coefficient (Wildman–Crippen LogP) is 2.58. The van der Waals surface area contributed by atoms with Crippen LogP contribution in [0.5, 0.6) is 0 Å². The van der Waals surface area contributed by atoms with Crippen LogP contribution in [0.3, 0.4) is 0 Å². The molecule has 1 atom stereocenters. The van der Waals surface area contributed by atoms with Gasteiger partial charge in [0, 0.05) is 44.0 Å². The van der Waals surface area contributed by atoms with E-state index in [4.69, 9.17) is 0 Å². The number of nitrogens with one attached hydrogen (secondary N) is 1. The highest BCUT2D eigenvalue weighted by atomic mass is 15.4. The number of H-pyrrole nitrogens is 1. The van der Waals surface area contributed by atoms with Crippen molar-refractivity contribution >= 4 is 12.5 Å². The van der Waals surface area contributed by atoms with E-state index in [1.54, 1.807) is 29.9 Å². The van der Waals surface area contributed by atoms with Gasteiger partial charge in [0.1, 0.15) is 5.82 Å². The summed E-state index contributed by atoms with van der Waals surface area (Å²) in [5.41, 5.74) is 3.27. The van der Waals surface area contributed by atoms with Gasteiger partial charge in [-0.2, -0.15) is 5.10 Å². The summed E-state index contributed by atoms with van der Waals surface area (Å²) in [7, 11) is 0. The minimum Gasteiger partial charge on any atom is -0.348 e. The van der Waals surface area contributed by atoms with Gasteiger partial charge in [0.2, 0.25) is 0 Å². The van der Waals surface area contributed by atoms with E-state index in [9.17, 15) is 0 Å². The van der Waals surface area contributed by atoms with Crippen molar-refractivity contribution in [2.24, 2.45) is 5.10 Å². The summed E-state index contributed by atoms with van der Waals surface area (Å²) in [6.45, 7) is 4.50. The Hall–Kier alpha value is -3.22. The first kappa shape index (κ1) is 15.3. The normalized spacial score (nSPS) is 20.8. The topological polar surface area (TPSA) is 73.3 Å². The summed E-state index contributed by atoms with van der Waals surface area (Å²) < 4.78 is 0. The molecule has 0 amide bonds. The van der Waals surface area contributed by atoms with Gasteiger partial charge in [0.15, 0.2) is 0 Å². The SMILES string of the molecule is C=NN1C=CC=C/C1=C/C[C@H]1c2nc[nH]c2CCN1c1cnccn1. The second-order valence-electron chi connectivity index (χ2n) is 5.84. The van der Waals surface area contributed by atoms with E-state index in [1.807, 2.05) is 24.4 Å². The Morgan fingerprint density at radius 2 is 2.28 bits per heavy atom. The van der Waals surface area contributed by atoms with Crippen molar-refractivity contribution in [3.05, 3.63) is 72.5 Å². The third kappa shape index (κ3) is 2.96. The lowest BCUT2D eigenvalue weighted by Crippen LogP contribution is -2.36. The number of fused-ring (bicyclic) bond motifs is 1. The summed E-state index contributed by atoms with van der Waals surface area (Å²) in [5, 5.41) is 5.79. The molecule has 2 aliphatic rings. The summed E-state index contributed by atoms with van der Waals surface area (Å²) >= 11 is 0. The van der Waals surface area contributed by atoms with Gasteiger partial charge in [-0.15, -0.1) is 0 Å². The van der Waals surface area contributed by atoms with Gasteiger partial charge < -0.3 is 9.88 Å². The summed E-state index contributed by atoms with van der Waals surface area (Å²) in [6, 6.07) is 0.102. The van der Waals surface area contributed by atoms with E-state index in [0.29, 0.717) is 0 Å². The molecule has 126 valence electrons. The number of anilines is 1. The fourth-order valence-corrected chi connectivity index (χ4v) is 3.28. The zero-order valence-electron chi connectivity index (χ0n) is 13.8. The lowest BCUT2D eigenvalue weighted by Gasteiger charge is -2.35. The van der Waals surface area contributed by atoms with Gasteiger partial charge in [-0.3, -0.25) is 4.98 Å². The zero-order valence-corrected chi connectivity index (χ0v) is 13.8. The molecule has 0 bridgehead atoms. The van der Waals surface area contributed by atoms with Crippen LogP contribution in [-0.4, -0.2) is 38.2 Å². The Morgan fingerprint density at radius 3 is 3.12 bits per heavy atom. The molecule has 0 saturated carbocycles. The number of nitrogens with zero attached hydrogens (tertiary/aromatic N) is 6. The summed E-state index contributed by atoms with van der Waals surface area (Å²) in [6.07, 6.45) is 18.7. The first-order valence-corrected chi connectivity index (χ1v) is 8.22. The molecule has 0 saturated heterocycles. The van der Waals surface area contributed by atoms with Crippen LogP contribution < -0.4 is 4.90 Å². The van der Waals surface area contributed by atoms with Crippen LogP contribution in [0.2, 0.25) is 0 Å². The number of rotatable bonds is 4. The van der Waals surface area contributed by atoms with Gasteiger partial charge in [0.25, 0.3) is 0 Å². The first-order chi connectivity index (χ1) is 12.4. The Morgan fingerprint density at radius 1 is 1.32 bits per heavy atom. The van der Waals surface area contributed by atoms with Crippen molar-refractivity contribution in [1.82, 2.24) is 24.9 Å². The van der Waals surface area contributed by atoms with Crippen molar-refractivity contribution < 1.29 is 0 Å². The monoisotopic (exact) mass is 333 g/mol. The highest BCUT2D eigenvalue weighted by Gasteiger charge is 2.30. The van der Waals surface area contributed by atoms with Crippen molar-refractivity contribution in [3.8, 4) is 0 Å². The number of hydrogen-bond acceptors (Lipinski definition) is 6. The highest BCUT2D eigenvalue weighted by molar-refractivity contribution is 5.43. The van der Waals surface area contributed by atoms with Gasteiger partial charge >= 0.3 is 0 Å². The summed E-state index contributed by atoms with van der Waals surface area (Å²) in [4.78, 5) is 18.8. The molecule has 1 N–H and O–H groups in total. The maximum atomic E-state index is 4.56. The van der Waals surface area contributed by atoms with E-state index in [0.717, 1.165) is 36.6 Å². The van der Waals surface area contributed by atoms with Crippen LogP contribution in [0.15, 0.2) is 66.2 Å². The summed E-state index contributed by atoms with van der Waals surface area (Å²) in [5.74, 6) is 0.873. The molecule has 0 aromatic carbocycles. The van der Waals surface area contributed by atoms with Crippen LogP contribution in [-0.2, 0) is 6.42 Å². The second kappa shape index (κ2) is 6.72. The van der Waals surface area contributed by atoms with E-state index in [2.05, 4.69) is 42.7 Å². The third-order valence-corrected chi connectivity index (χ3v) is 4.46. The minimum absolute atomic E-state index is 0.102. The molecule has 7 heteroatoms. The van der Waals surface area contributed by atoms with Gasteiger partial charge in [-0.25, -0.2) is 15.0 Å². The number of allylic oxidation sites excluding steroid dienone is 3. The van der Waals surface area contributed by atoms with Gasteiger partial charge in [-0.1, -0.05) is 12.2 Å². The van der Waals surface area contributed by atoms with Crippen molar-refractivity contribution in [2.45, 2.75) is 18.9 Å². The molecule has 2 aliphatic heterocycles. The minimum atomic E-state index is 0.102. The molecule has 25 heavy (non-hydrogen) atoms. The standard InChI is InChI=1S/C18H19N7/c1-19-25-10-3-2-4-14(25)5-6-16-18-15(22-13-23-18)7-11-24(16)17-12-20-8-9-21-17/h2-5,8-10,12-13,16H,1,6-7,11H2,(H,22,23)/b14-5-/t16-/m0/s1. The zero-order chi connectivity index (χ0) is 17.1. The molecule has 2 aromatic rings. The molecule has 4 heterocycles. The smallest absolute Gasteiger partial charge is 0.147 e. The highest BCUT2D eigenvalue weighted by Crippen LogP contribution is 2.34. The van der Waals surface area contributed by atoms with Crippen molar-refractivity contribution in [3.63, 3.8) is 0 Å². The third-order valence-electron chi connectivity index (χ3n) is 4.46. The molecule has 7 nitrogen and oxygen atoms in total. The fourth-order valence-electron chi connectivity index (χ4n) is 3.28. The van der Waals surface area contributed by atoms with Crippen LogP contribution in [0.25, 0.3) is 0 Å². The van der Waals surface area contributed by atoms with E-state index < -0.39 is 0 Å². The van der Waals surface area contributed by atoms with Gasteiger partial charge in [-0.05, 0) is 18.6 Å². The fraction of sp³-hybridized carbons (Fsp3) is 0.222. The average molecular weight is 333 g/mol. The molecule has 0 fully saturated rings. The van der Waals surface area contributed by atoms with Crippen LogP contribution in [0, 0.1) is 0 Å². The Kier molecular flexibility index (Phi) is 4.12. The van der Waals surface area contributed by atoms with Crippen LogP contribution >= 0.6 is 0 Å². The Bertz CT molecular complexity index is 834. The molecular weight excluding hydrogens is 314 g/mol.